The average Bonchev–Trinajstić information content (AvgIpc) is 2.59. The van der Waals surface area contributed by atoms with Gasteiger partial charge in [-0.05, 0) is 37.6 Å². The number of hydrogen-bond donors (Lipinski definition) is 1. The molecule has 0 aromatic heterocycles. The molecule has 2 rings (SSSR count). The molecule has 0 radical (unpaired) electrons. The van der Waals surface area contributed by atoms with E-state index in [-0.39, 0.29) is 22.7 Å². The van der Waals surface area contributed by atoms with Crippen molar-refractivity contribution in [3.8, 4) is 0 Å². The van der Waals surface area contributed by atoms with Crippen LogP contribution in [0.25, 0.3) is 0 Å². The maximum absolute atomic E-state index is 13.9. The Morgan fingerprint density at radius 2 is 2.21 bits per heavy atom. The normalized spacial score (nSPS) is 25.6. The molecular weight excluding hydrogens is 333 g/mol. The summed E-state index contributed by atoms with van der Waals surface area (Å²) in [6, 6.07) is 4.93. The van der Waals surface area contributed by atoms with Gasteiger partial charge in [-0.3, -0.25) is 0 Å². The quantitative estimate of drug-likeness (QED) is 0.905. The Morgan fingerprint density at radius 1 is 1.47 bits per heavy atom. The predicted molar refractivity (Wildman–Crippen MR) is 77.4 cm³/mol. The van der Waals surface area contributed by atoms with Crippen LogP contribution in [0.4, 0.5) is 4.39 Å². The van der Waals surface area contributed by atoms with Gasteiger partial charge in [0.2, 0.25) is 0 Å². The van der Waals surface area contributed by atoms with Crippen LogP contribution in [0.3, 0.4) is 0 Å². The maximum Gasteiger partial charge on any atom is 0.150 e. The van der Waals surface area contributed by atoms with Crippen molar-refractivity contribution >= 4 is 25.8 Å². The molecular formula is C13H17BrFNO2S. The molecule has 0 saturated carbocycles. The highest BCUT2D eigenvalue weighted by molar-refractivity contribution is 9.10. The molecule has 1 saturated heterocycles. The van der Waals surface area contributed by atoms with Gasteiger partial charge in [0.05, 0.1) is 11.5 Å². The molecule has 19 heavy (non-hydrogen) atoms. The molecule has 1 atom stereocenters. The van der Waals surface area contributed by atoms with Crippen molar-refractivity contribution in [1.82, 2.24) is 5.32 Å². The van der Waals surface area contributed by atoms with Gasteiger partial charge in [-0.15, -0.1) is 0 Å². The highest BCUT2D eigenvalue weighted by atomic mass is 79.9. The molecule has 3 nitrogen and oxygen atoms in total. The van der Waals surface area contributed by atoms with E-state index in [1.54, 1.807) is 19.2 Å². The lowest BCUT2D eigenvalue weighted by atomic mass is 9.81. The fourth-order valence-corrected chi connectivity index (χ4v) is 5.27. The molecule has 106 valence electrons. The minimum absolute atomic E-state index is 0.135. The van der Waals surface area contributed by atoms with E-state index in [0.29, 0.717) is 29.4 Å². The summed E-state index contributed by atoms with van der Waals surface area (Å²) < 4.78 is 38.0. The fraction of sp³-hybridized carbons (Fsp3) is 0.538. The second-order valence-electron chi connectivity index (χ2n) is 5.28. The molecule has 1 aromatic rings. The van der Waals surface area contributed by atoms with Gasteiger partial charge >= 0.3 is 0 Å². The van der Waals surface area contributed by atoms with Crippen LogP contribution in [-0.2, 0) is 16.3 Å². The lowest BCUT2D eigenvalue weighted by molar-refractivity contribution is 0.316. The fourth-order valence-electron chi connectivity index (χ4n) is 2.77. The zero-order valence-corrected chi connectivity index (χ0v) is 13.2. The summed E-state index contributed by atoms with van der Waals surface area (Å²) in [4.78, 5) is 0. The van der Waals surface area contributed by atoms with E-state index in [2.05, 4.69) is 21.2 Å². The van der Waals surface area contributed by atoms with E-state index in [9.17, 15) is 12.8 Å². The molecule has 0 spiro atoms. The SMILES string of the molecule is CNCC1(Cc2ccc(Br)cc2F)CCS(=O)(=O)C1. The minimum atomic E-state index is -2.99. The van der Waals surface area contributed by atoms with Gasteiger partial charge < -0.3 is 5.32 Å². The number of sulfone groups is 1. The Balaban J connectivity index is 2.27. The Morgan fingerprint density at radius 3 is 2.74 bits per heavy atom. The van der Waals surface area contributed by atoms with E-state index in [1.807, 2.05) is 0 Å². The Kier molecular flexibility index (Phi) is 4.32. The number of halogens is 2. The smallest absolute Gasteiger partial charge is 0.150 e. The van der Waals surface area contributed by atoms with Crippen molar-refractivity contribution < 1.29 is 12.8 Å². The number of rotatable bonds is 4. The van der Waals surface area contributed by atoms with E-state index in [4.69, 9.17) is 0 Å². The predicted octanol–water partition coefficient (Wildman–Crippen LogP) is 2.16. The van der Waals surface area contributed by atoms with E-state index < -0.39 is 9.84 Å². The van der Waals surface area contributed by atoms with Crippen molar-refractivity contribution in [2.45, 2.75) is 12.8 Å². The lowest BCUT2D eigenvalue weighted by Gasteiger charge is -2.27. The molecule has 1 aromatic carbocycles. The summed E-state index contributed by atoms with van der Waals surface area (Å²) in [7, 11) is -1.19. The summed E-state index contributed by atoms with van der Waals surface area (Å²) in [5, 5.41) is 3.04. The number of benzene rings is 1. The Bertz CT molecular complexity index is 576. The summed E-state index contributed by atoms with van der Waals surface area (Å²) in [5.41, 5.74) is 0.193. The van der Waals surface area contributed by atoms with Crippen molar-refractivity contribution in [2.75, 3.05) is 25.1 Å². The van der Waals surface area contributed by atoms with Crippen LogP contribution in [-0.4, -0.2) is 33.5 Å². The van der Waals surface area contributed by atoms with Gasteiger partial charge in [-0.2, -0.15) is 0 Å². The van der Waals surface area contributed by atoms with Gasteiger partial charge in [-0.1, -0.05) is 22.0 Å². The molecule has 0 aliphatic carbocycles. The third kappa shape index (κ3) is 3.55. The highest BCUT2D eigenvalue weighted by Gasteiger charge is 2.42. The van der Waals surface area contributed by atoms with Crippen LogP contribution >= 0.6 is 15.9 Å². The van der Waals surface area contributed by atoms with Crippen molar-refractivity contribution in [3.63, 3.8) is 0 Å². The van der Waals surface area contributed by atoms with E-state index in [1.165, 1.54) is 6.07 Å². The summed E-state index contributed by atoms with van der Waals surface area (Å²) in [5.74, 6) is 0.0533. The van der Waals surface area contributed by atoms with Gasteiger partial charge in [0.15, 0.2) is 9.84 Å². The lowest BCUT2D eigenvalue weighted by Crippen LogP contribution is -2.36. The molecule has 1 aliphatic heterocycles. The van der Waals surface area contributed by atoms with Crippen LogP contribution in [0.1, 0.15) is 12.0 Å². The number of nitrogens with one attached hydrogen (secondary N) is 1. The topological polar surface area (TPSA) is 46.2 Å². The summed E-state index contributed by atoms with van der Waals surface area (Å²) in [6.07, 6.45) is 1.04. The third-order valence-electron chi connectivity index (χ3n) is 3.60. The molecule has 0 bridgehead atoms. The third-order valence-corrected chi connectivity index (χ3v) is 5.97. The van der Waals surface area contributed by atoms with E-state index in [0.717, 1.165) is 0 Å². The first-order valence-electron chi connectivity index (χ1n) is 6.15. The van der Waals surface area contributed by atoms with Gasteiger partial charge in [0.1, 0.15) is 5.82 Å². The number of hydrogen-bond acceptors (Lipinski definition) is 3. The van der Waals surface area contributed by atoms with Gasteiger partial charge in [0.25, 0.3) is 0 Å². The van der Waals surface area contributed by atoms with Gasteiger partial charge in [-0.25, -0.2) is 12.8 Å². The summed E-state index contributed by atoms with van der Waals surface area (Å²) in [6.45, 7) is 0.585. The zero-order chi connectivity index (χ0) is 14.1. The largest absolute Gasteiger partial charge is 0.319 e. The Labute approximate surface area is 121 Å². The standard InChI is InChI=1S/C13H17BrFNO2S/c1-16-8-13(4-5-19(17,18)9-13)7-10-2-3-11(14)6-12(10)15/h2-3,6,16H,4-5,7-9H2,1H3. The van der Waals surface area contributed by atoms with Crippen LogP contribution in [0.5, 0.6) is 0 Å². The highest BCUT2D eigenvalue weighted by Crippen LogP contribution is 2.36. The second-order valence-corrected chi connectivity index (χ2v) is 8.38. The minimum Gasteiger partial charge on any atom is -0.319 e. The van der Waals surface area contributed by atoms with Crippen LogP contribution in [0.15, 0.2) is 22.7 Å². The first-order valence-corrected chi connectivity index (χ1v) is 8.76. The Hall–Kier alpha value is -0.460. The van der Waals surface area contributed by atoms with Crippen molar-refractivity contribution in [3.05, 3.63) is 34.1 Å². The van der Waals surface area contributed by atoms with Crippen molar-refractivity contribution in [2.24, 2.45) is 5.41 Å². The van der Waals surface area contributed by atoms with Crippen molar-refractivity contribution in [1.29, 1.82) is 0 Å². The van der Waals surface area contributed by atoms with Crippen LogP contribution in [0.2, 0.25) is 0 Å². The van der Waals surface area contributed by atoms with Crippen LogP contribution < -0.4 is 5.32 Å². The first-order chi connectivity index (χ1) is 8.86. The maximum atomic E-state index is 13.9. The molecule has 0 amide bonds. The van der Waals surface area contributed by atoms with E-state index >= 15 is 0 Å². The van der Waals surface area contributed by atoms with Crippen LogP contribution in [0, 0.1) is 11.2 Å². The molecule has 1 N–H and O–H groups in total. The van der Waals surface area contributed by atoms with Gasteiger partial charge in [0, 0.05) is 16.4 Å². The molecule has 1 heterocycles. The molecule has 6 heteroatoms. The average molecular weight is 350 g/mol. The monoisotopic (exact) mass is 349 g/mol. The molecule has 1 fully saturated rings. The molecule has 1 unspecified atom stereocenters. The first kappa shape index (κ1) is 14.9. The zero-order valence-electron chi connectivity index (χ0n) is 10.7. The summed E-state index contributed by atoms with van der Waals surface area (Å²) >= 11 is 3.22. The molecule has 1 aliphatic rings. The second kappa shape index (κ2) is 5.50.